The van der Waals surface area contributed by atoms with E-state index in [0.29, 0.717) is 0 Å². The van der Waals surface area contributed by atoms with Crippen molar-refractivity contribution in [1.82, 2.24) is 5.32 Å². The highest BCUT2D eigenvalue weighted by atomic mass is 35.5. The van der Waals surface area contributed by atoms with Crippen LogP contribution in [0.4, 0.5) is 10.1 Å². The molecule has 94 valence electrons. The summed E-state index contributed by atoms with van der Waals surface area (Å²) in [5.74, 6) is -3.57. The number of carbonyl (C=O) groups excluding carboxylic acids is 2. The van der Waals surface area contributed by atoms with Gasteiger partial charge in [-0.25, -0.2) is 4.39 Å². The molecule has 1 fully saturated rings. The molecule has 0 aliphatic carbocycles. The fourth-order valence-corrected chi connectivity index (χ4v) is 2.04. The van der Waals surface area contributed by atoms with Crippen LogP contribution < -0.4 is 5.32 Å². The lowest BCUT2D eigenvalue weighted by Crippen LogP contribution is -2.22. The van der Waals surface area contributed by atoms with E-state index in [1.54, 1.807) is 0 Å². The third-order valence-corrected chi connectivity index (χ3v) is 3.05. The van der Waals surface area contributed by atoms with Crippen LogP contribution in [0, 0.1) is 15.9 Å². The van der Waals surface area contributed by atoms with Gasteiger partial charge in [0, 0.05) is 17.7 Å². The summed E-state index contributed by atoms with van der Waals surface area (Å²) >= 11 is 5.69. The first kappa shape index (κ1) is 12.4. The molecule has 1 aromatic rings. The van der Waals surface area contributed by atoms with Crippen molar-refractivity contribution in [3.63, 3.8) is 0 Å². The van der Waals surface area contributed by atoms with Crippen LogP contribution in [0.25, 0.3) is 0 Å². The molecule has 2 rings (SSSR count). The number of imide groups is 1. The number of carbonyl (C=O) groups is 2. The molecule has 0 spiro atoms. The number of halogens is 2. The largest absolute Gasteiger partial charge is 0.295 e. The second kappa shape index (κ2) is 4.34. The van der Waals surface area contributed by atoms with Crippen molar-refractivity contribution in [2.75, 3.05) is 0 Å². The molecule has 18 heavy (non-hydrogen) atoms. The van der Waals surface area contributed by atoms with Crippen molar-refractivity contribution in [2.24, 2.45) is 0 Å². The number of hydrogen-bond donors (Lipinski definition) is 1. The molecule has 1 N–H and O–H groups in total. The van der Waals surface area contributed by atoms with E-state index < -0.39 is 33.8 Å². The molecule has 1 aliphatic rings. The minimum Gasteiger partial charge on any atom is -0.295 e. The van der Waals surface area contributed by atoms with Crippen LogP contribution >= 0.6 is 11.6 Å². The Morgan fingerprint density at radius 1 is 1.33 bits per heavy atom. The number of nitro benzene ring substituents is 1. The molecule has 6 nitrogen and oxygen atoms in total. The molecule has 1 aromatic carbocycles. The standard InChI is InChI=1S/C10H6ClFN2O4/c11-8-7(9(15)13-10(8)16)5-3-4(14(17)18)1-2-6(5)12/h1-3,7-8H,(H,13,15,16). The number of nitro groups is 1. The van der Waals surface area contributed by atoms with Crippen LogP contribution in [0.15, 0.2) is 18.2 Å². The molecule has 0 aromatic heterocycles. The summed E-state index contributed by atoms with van der Waals surface area (Å²) in [5, 5.41) is 11.3. The van der Waals surface area contributed by atoms with Crippen LogP contribution in [0.3, 0.4) is 0 Å². The summed E-state index contributed by atoms with van der Waals surface area (Å²) in [6.07, 6.45) is 0. The van der Waals surface area contributed by atoms with E-state index in [4.69, 9.17) is 11.6 Å². The third-order valence-electron chi connectivity index (χ3n) is 2.60. The highest BCUT2D eigenvalue weighted by molar-refractivity contribution is 6.37. The Balaban J connectivity index is 2.50. The van der Waals surface area contributed by atoms with Crippen LogP contribution in [-0.2, 0) is 9.59 Å². The maximum Gasteiger partial charge on any atom is 0.269 e. The van der Waals surface area contributed by atoms with E-state index in [-0.39, 0.29) is 11.3 Å². The van der Waals surface area contributed by atoms with Gasteiger partial charge in [-0.2, -0.15) is 0 Å². The summed E-state index contributed by atoms with van der Waals surface area (Å²) < 4.78 is 13.6. The first-order valence-electron chi connectivity index (χ1n) is 4.84. The van der Waals surface area contributed by atoms with Crippen LogP contribution in [-0.4, -0.2) is 22.1 Å². The van der Waals surface area contributed by atoms with Gasteiger partial charge in [-0.3, -0.25) is 25.0 Å². The molecule has 0 radical (unpaired) electrons. The van der Waals surface area contributed by atoms with E-state index in [9.17, 15) is 24.1 Å². The first-order valence-corrected chi connectivity index (χ1v) is 5.28. The number of alkyl halides is 1. The Morgan fingerprint density at radius 3 is 2.50 bits per heavy atom. The minimum atomic E-state index is -1.27. The summed E-state index contributed by atoms with van der Waals surface area (Å²) in [5.41, 5.74) is -0.630. The molecule has 2 unspecified atom stereocenters. The monoisotopic (exact) mass is 272 g/mol. The zero-order chi connectivity index (χ0) is 13.4. The number of amides is 2. The van der Waals surface area contributed by atoms with Gasteiger partial charge in [0.05, 0.1) is 10.8 Å². The van der Waals surface area contributed by atoms with Gasteiger partial charge in [-0.15, -0.1) is 11.6 Å². The first-order chi connectivity index (χ1) is 8.41. The molecular weight excluding hydrogens is 267 g/mol. The molecule has 1 saturated heterocycles. The number of rotatable bonds is 2. The molecule has 1 heterocycles. The SMILES string of the molecule is O=C1NC(=O)C(c2cc([N+](=O)[O-])ccc2F)C1Cl. The van der Waals surface area contributed by atoms with Crippen molar-refractivity contribution < 1.29 is 18.9 Å². The summed E-state index contributed by atoms with van der Waals surface area (Å²) in [7, 11) is 0. The van der Waals surface area contributed by atoms with Crippen molar-refractivity contribution in [1.29, 1.82) is 0 Å². The molecule has 1 aliphatic heterocycles. The predicted molar refractivity (Wildman–Crippen MR) is 58.6 cm³/mol. The zero-order valence-corrected chi connectivity index (χ0v) is 9.48. The molecular formula is C10H6ClFN2O4. The van der Waals surface area contributed by atoms with Crippen molar-refractivity contribution in [3.05, 3.63) is 39.7 Å². The Kier molecular flexibility index (Phi) is 3.00. The Labute approximate surface area is 105 Å². The lowest BCUT2D eigenvalue weighted by Gasteiger charge is -2.10. The van der Waals surface area contributed by atoms with Gasteiger partial charge >= 0.3 is 0 Å². The molecule has 0 saturated carbocycles. The van der Waals surface area contributed by atoms with E-state index >= 15 is 0 Å². The quantitative estimate of drug-likeness (QED) is 0.377. The second-order valence-electron chi connectivity index (χ2n) is 3.70. The predicted octanol–water partition coefficient (Wildman–Crippen LogP) is 1.08. The van der Waals surface area contributed by atoms with Crippen molar-refractivity contribution in [3.8, 4) is 0 Å². The maximum absolute atomic E-state index is 13.6. The van der Waals surface area contributed by atoms with E-state index in [1.165, 1.54) is 0 Å². The maximum atomic E-state index is 13.6. The second-order valence-corrected chi connectivity index (χ2v) is 4.17. The van der Waals surface area contributed by atoms with Gasteiger partial charge in [0.15, 0.2) is 0 Å². The van der Waals surface area contributed by atoms with Crippen molar-refractivity contribution >= 4 is 29.1 Å². The summed E-state index contributed by atoms with van der Waals surface area (Å²) in [6.45, 7) is 0. The van der Waals surface area contributed by atoms with Gasteiger partial charge in [-0.1, -0.05) is 0 Å². The fraction of sp³-hybridized carbons (Fsp3) is 0.200. The molecule has 0 bridgehead atoms. The topological polar surface area (TPSA) is 89.3 Å². The van der Waals surface area contributed by atoms with Gasteiger partial charge in [0.1, 0.15) is 11.2 Å². The third kappa shape index (κ3) is 1.92. The van der Waals surface area contributed by atoms with Gasteiger partial charge in [0.2, 0.25) is 11.8 Å². The van der Waals surface area contributed by atoms with E-state index in [0.717, 1.165) is 18.2 Å². The summed E-state index contributed by atoms with van der Waals surface area (Å²) in [6, 6.07) is 2.75. The number of nitrogens with zero attached hydrogens (tertiary/aromatic N) is 1. The number of hydrogen-bond acceptors (Lipinski definition) is 4. The normalized spacial score (nSPS) is 23.0. The number of nitrogens with one attached hydrogen (secondary N) is 1. The molecule has 8 heteroatoms. The van der Waals surface area contributed by atoms with Crippen LogP contribution in [0.5, 0.6) is 0 Å². The van der Waals surface area contributed by atoms with Crippen LogP contribution in [0.2, 0.25) is 0 Å². The molecule has 2 atom stereocenters. The highest BCUT2D eigenvalue weighted by Gasteiger charge is 2.43. The van der Waals surface area contributed by atoms with Crippen molar-refractivity contribution in [2.45, 2.75) is 11.3 Å². The Morgan fingerprint density at radius 2 is 2.00 bits per heavy atom. The highest BCUT2D eigenvalue weighted by Crippen LogP contribution is 2.32. The van der Waals surface area contributed by atoms with Crippen LogP contribution in [0.1, 0.15) is 11.5 Å². The Hall–Kier alpha value is -2.02. The molecule has 2 amide bonds. The zero-order valence-electron chi connectivity index (χ0n) is 8.72. The van der Waals surface area contributed by atoms with Gasteiger partial charge in [0.25, 0.3) is 5.69 Å². The number of non-ortho nitro benzene ring substituents is 1. The minimum absolute atomic E-state index is 0.257. The summed E-state index contributed by atoms with van der Waals surface area (Å²) in [4.78, 5) is 32.5. The van der Waals surface area contributed by atoms with E-state index in [1.807, 2.05) is 5.32 Å². The smallest absolute Gasteiger partial charge is 0.269 e. The number of benzene rings is 1. The lowest BCUT2D eigenvalue weighted by atomic mass is 9.96. The van der Waals surface area contributed by atoms with Gasteiger partial charge < -0.3 is 0 Å². The van der Waals surface area contributed by atoms with Gasteiger partial charge in [-0.05, 0) is 6.07 Å². The fourth-order valence-electron chi connectivity index (χ4n) is 1.73. The lowest BCUT2D eigenvalue weighted by molar-refractivity contribution is -0.385. The van der Waals surface area contributed by atoms with E-state index in [2.05, 4.69) is 0 Å². The Bertz CT molecular complexity index is 563. The average molecular weight is 273 g/mol. The average Bonchev–Trinajstić information content (AvgIpc) is 2.54.